The first-order valence-electron chi connectivity index (χ1n) is 7.86. The first-order valence-corrected chi connectivity index (χ1v) is 7.86. The molecule has 0 fully saturated rings. The Morgan fingerprint density at radius 1 is 0.864 bits per heavy atom. The zero-order valence-electron chi connectivity index (χ0n) is 13.9. The number of benzene rings is 2. The van der Waals surface area contributed by atoms with Crippen molar-refractivity contribution in [2.24, 2.45) is 0 Å². The number of hydrogen-bond donors (Lipinski definition) is 2. The molecule has 2 aromatic rings. The van der Waals surface area contributed by atoms with E-state index in [-0.39, 0.29) is 6.10 Å². The number of ether oxygens (including phenoxy) is 1. The Kier molecular flexibility index (Phi) is 5.70. The molecule has 3 heteroatoms. The van der Waals surface area contributed by atoms with Crippen molar-refractivity contribution < 1.29 is 4.74 Å². The van der Waals surface area contributed by atoms with Gasteiger partial charge in [0.05, 0.1) is 6.10 Å². The molecule has 118 valence electrons. The van der Waals surface area contributed by atoms with Crippen molar-refractivity contribution in [1.29, 1.82) is 0 Å². The van der Waals surface area contributed by atoms with Crippen LogP contribution < -0.4 is 15.4 Å². The third-order valence-corrected chi connectivity index (χ3v) is 3.21. The van der Waals surface area contributed by atoms with E-state index in [2.05, 4.69) is 48.7 Å². The van der Waals surface area contributed by atoms with Crippen LogP contribution in [-0.4, -0.2) is 19.2 Å². The first-order chi connectivity index (χ1) is 10.5. The van der Waals surface area contributed by atoms with E-state index >= 15 is 0 Å². The summed E-state index contributed by atoms with van der Waals surface area (Å²) >= 11 is 0. The molecule has 0 aliphatic rings. The largest absolute Gasteiger partial charge is 0.491 e. The van der Waals surface area contributed by atoms with Gasteiger partial charge in [0.2, 0.25) is 0 Å². The molecule has 0 unspecified atom stereocenters. The summed E-state index contributed by atoms with van der Waals surface area (Å²) < 4.78 is 5.70. The van der Waals surface area contributed by atoms with Gasteiger partial charge in [-0.1, -0.05) is 12.1 Å². The molecule has 0 aromatic heterocycles. The molecule has 0 bridgehead atoms. The molecule has 2 N–H and O–H groups in total. The number of hydrogen-bond acceptors (Lipinski definition) is 3. The normalized spacial score (nSPS) is 10.6. The van der Waals surface area contributed by atoms with E-state index in [9.17, 15) is 0 Å². The maximum absolute atomic E-state index is 5.70. The van der Waals surface area contributed by atoms with E-state index in [1.807, 2.05) is 32.0 Å². The predicted molar refractivity (Wildman–Crippen MR) is 95.1 cm³/mol. The van der Waals surface area contributed by atoms with Crippen molar-refractivity contribution >= 4 is 11.4 Å². The fraction of sp³-hybridized carbons (Fsp3) is 0.368. The monoisotopic (exact) mass is 298 g/mol. The highest BCUT2D eigenvalue weighted by molar-refractivity contribution is 5.50. The van der Waals surface area contributed by atoms with Crippen LogP contribution in [0.3, 0.4) is 0 Å². The molecule has 0 spiro atoms. The average Bonchev–Trinajstić information content (AvgIpc) is 2.42. The summed E-state index contributed by atoms with van der Waals surface area (Å²) in [4.78, 5) is 0. The van der Waals surface area contributed by atoms with Crippen LogP contribution in [0.1, 0.15) is 25.0 Å². The fourth-order valence-corrected chi connectivity index (χ4v) is 2.44. The highest BCUT2D eigenvalue weighted by Crippen LogP contribution is 2.18. The molecule has 2 rings (SSSR count). The minimum atomic E-state index is 0.196. The Bertz CT molecular complexity index is 588. The second kappa shape index (κ2) is 7.74. The van der Waals surface area contributed by atoms with Crippen LogP contribution in [0.2, 0.25) is 0 Å². The second-order valence-corrected chi connectivity index (χ2v) is 5.92. The average molecular weight is 298 g/mol. The molecule has 22 heavy (non-hydrogen) atoms. The molecule has 0 saturated carbocycles. The Balaban J connectivity index is 1.81. The number of nitrogens with one attached hydrogen (secondary N) is 2. The second-order valence-electron chi connectivity index (χ2n) is 5.92. The van der Waals surface area contributed by atoms with Crippen molar-refractivity contribution in [2.75, 3.05) is 23.7 Å². The van der Waals surface area contributed by atoms with Crippen LogP contribution in [0.5, 0.6) is 5.75 Å². The van der Waals surface area contributed by atoms with E-state index < -0.39 is 0 Å². The predicted octanol–water partition coefficient (Wildman–Crippen LogP) is 4.61. The number of rotatable bonds is 7. The number of anilines is 2. The molecule has 0 saturated heterocycles. The molecular weight excluding hydrogens is 272 g/mol. The molecule has 0 atom stereocenters. The highest BCUT2D eigenvalue weighted by atomic mass is 16.5. The van der Waals surface area contributed by atoms with Crippen molar-refractivity contribution in [3.05, 3.63) is 53.6 Å². The minimum absolute atomic E-state index is 0.196. The van der Waals surface area contributed by atoms with Crippen LogP contribution in [-0.2, 0) is 0 Å². The third kappa shape index (κ3) is 5.32. The van der Waals surface area contributed by atoms with Crippen molar-refractivity contribution in [1.82, 2.24) is 0 Å². The van der Waals surface area contributed by atoms with Crippen LogP contribution in [0, 0.1) is 13.8 Å². The summed E-state index contributed by atoms with van der Waals surface area (Å²) in [5, 5.41) is 6.86. The van der Waals surface area contributed by atoms with Gasteiger partial charge in [-0.15, -0.1) is 0 Å². The quantitative estimate of drug-likeness (QED) is 0.732. The summed E-state index contributed by atoms with van der Waals surface area (Å²) in [7, 11) is 0. The van der Waals surface area contributed by atoms with Gasteiger partial charge in [0, 0.05) is 30.5 Å². The van der Waals surface area contributed by atoms with E-state index in [1.54, 1.807) is 0 Å². The van der Waals surface area contributed by atoms with Gasteiger partial charge in [0.1, 0.15) is 5.75 Å². The zero-order chi connectivity index (χ0) is 15.9. The fourth-order valence-electron chi connectivity index (χ4n) is 2.44. The first kappa shape index (κ1) is 16.2. The van der Waals surface area contributed by atoms with Crippen molar-refractivity contribution in [3.8, 4) is 5.75 Å². The summed E-state index contributed by atoms with van der Waals surface area (Å²) in [6.45, 7) is 10.0. The topological polar surface area (TPSA) is 33.3 Å². The summed E-state index contributed by atoms with van der Waals surface area (Å²) in [6.07, 6.45) is 0.196. The Hall–Kier alpha value is -2.16. The van der Waals surface area contributed by atoms with Crippen LogP contribution in [0.4, 0.5) is 11.4 Å². The Morgan fingerprint density at radius 3 is 2.14 bits per heavy atom. The van der Waals surface area contributed by atoms with Crippen molar-refractivity contribution in [3.63, 3.8) is 0 Å². The minimum Gasteiger partial charge on any atom is -0.491 e. The van der Waals surface area contributed by atoms with Gasteiger partial charge in [-0.05, 0) is 63.1 Å². The van der Waals surface area contributed by atoms with Gasteiger partial charge in [0.15, 0.2) is 0 Å². The summed E-state index contributed by atoms with van der Waals surface area (Å²) in [5.41, 5.74) is 4.83. The smallest absolute Gasteiger partial charge is 0.121 e. The summed E-state index contributed by atoms with van der Waals surface area (Å²) in [6, 6.07) is 14.6. The maximum Gasteiger partial charge on any atom is 0.121 e. The van der Waals surface area contributed by atoms with E-state index in [4.69, 9.17) is 4.74 Å². The molecule has 2 aromatic carbocycles. The van der Waals surface area contributed by atoms with E-state index in [0.717, 1.165) is 24.5 Å². The highest BCUT2D eigenvalue weighted by Gasteiger charge is 1.99. The van der Waals surface area contributed by atoms with Crippen LogP contribution >= 0.6 is 0 Å². The van der Waals surface area contributed by atoms with Crippen molar-refractivity contribution in [2.45, 2.75) is 33.8 Å². The van der Waals surface area contributed by atoms with Gasteiger partial charge in [0.25, 0.3) is 0 Å². The van der Waals surface area contributed by atoms with Gasteiger partial charge in [-0.25, -0.2) is 0 Å². The molecule has 3 nitrogen and oxygen atoms in total. The molecule has 0 aliphatic carbocycles. The zero-order valence-corrected chi connectivity index (χ0v) is 13.9. The van der Waals surface area contributed by atoms with Crippen LogP contribution in [0.25, 0.3) is 0 Å². The maximum atomic E-state index is 5.70. The van der Waals surface area contributed by atoms with Gasteiger partial charge >= 0.3 is 0 Å². The van der Waals surface area contributed by atoms with Gasteiger partial charge < -0.3 is 15.4 Å². The third-order valence-electron chi connectivity index (χ3n) is 3.21. The Labute approximate surface area is 133 Å². The SMILES string of the molecule is Cc1cc(C)cc(NCCNc2cccc(OC(C)C)c2)c1. The lowest BCUT2D eigenvalue weighted by Crippen LogP contribution is -2.14. The molecular formula is C19H26N2O. The van der Waals surface area contributed by atoms with Gasteiger partial charge in [-0.2, -0.15) is 0 Å². The standard InChI is InChI=1S/C19H26N2O/c1-14(2)22-19-7-5-6-17(13-19)20-8-9-21-18-11-15(3)10-16(4)12-18/h5-7,10-14,20-21H,8-9H2,1-4H3. The summed E-state index contributed by atoms with van der Waals surface area (Å²) in [5.74, 6) is 0.905. The number of aryl methyl sites for hydroxylation is 2. The molecule has 0 amide bonds. The molecule has 0 heterocycles. The van der Waals surface area contributed by atoms with Gasteiger partial charge in [-0.3, -0.25) is 0 Å². The Morgan fingerprint density at radius 2 is 1.50 bits per heavy atom. The molecule has 0 aliphatic heterocycles. The molecule has 0 radical (unpaired) electrons. The lowest BCUT2D eigenvalue weighted by atomic mass is 10.1. The van der Waals surface area contributed by atoms with Crippen LogP contribution in [0.15, 0.2) is 42.5 Å². The lowest BCUT2D eigenvalue weighted by Gasteiger charge is -2.13. The van der Waals surface area contributed by atoms with E-state index in [1.165, 1.54) is 16.8 Å². The van der Waals surface area contributed by atoms with E-state index in [0.29, 0.717) is 0 Å². The lowest BCUT2D eigenvalue weighted by molar-refractivity contribution is 0.242.